The van der Waals surface area contributed by atoms with Gasteiger partial charge in [0.25, 0.3) is 0 Å². The van der Waals surface area contributed by atoms with E-state index >= 15 is 0 Å². The van der Waals surface area contributed by atoms with Crippen LogP contribution in [0.25, 0.3) is 0 Å². The lowest BCUT2D eigenvalue weighted by atomic mass is 9.91. The second-order valence-electron chi connectivity index (χ2n) is 4.63. The van der Waals surface area contributed by atoms with E-state index < -0.39 is 0 Å². The number of amides is 2. The zero-order chi connectivity index (χ0) is 11.5. The lowest BCUT2D eigenvalue weighted by Crippen LogP contribution is -2.56. The summed E-state index contributed by atoms with van der Waals surface area (Å²) >= 11 is 0. The van der Waals surface area contributed by atoms with Crippen molar-refractivity contribution in [1.82, 2.24) is 10.6 Å². The van der Waals surface area contributed by atoms with Crippen molar-refractivity contribution in [2.24, 2.45) is 0 Å². The van der Waals surface area contributed by atoms with Gasteiger partial charge in [-0.2, -0.15) is 0 Å². The molecular formula is C11H18N2O3. The van der Waals surface area contributed by atoms with Crippen molar-refractivity contribution in [2.75, 3.05) is 0 Å². The molecule has 5 nitrogen and oxygen atoms in total. The Bertz CT molecular complexity index is 293. The molecule has 2 fully saturated rings. The van der Waals surface area contributed by atoms with Crippen molar-refractivity contribution in [3.05, 3.63) is 0 Å². The standard InChI is InChI=1S/C11H18N2O3/c14-9-4-2-1-3-7(9)12-8-5-6-10(15)13-11(8)16/h7-9,12,14H,1-6H2,(H,13,15,16)/t7-,8?,9-/m1/s1. The fourth-order valence-electron chi connectivity index (χ4n) is 2.42. The molecule has 2 amide bonds. The van der Waals surface area contributed by atoms with Crippen LogP contribution >= 0.6 is 0 Å². The summed E-state index contributed by atoms with van der Waals surface area (Å²) in [5, 5.41) is 15.3. The summed E-state index contributed by atoms with van der Waals surface area (Å²) in [6, 6.07) is -0.326. The van der Waals surface area contributed by atoms with Gasteiger partial charge in [-0.1, -0.05) is 12.8 Å². The molecule has 3 atom stereocenters. The third kappa shape index (κ3) is 2.59. The van der Waals surface area contributed by atoms with Crippen LogP contribution < -0.4 is 10.6 Å². The van der Waals surface area contributed by atoms with Gasteiger partial charge in [0.1, 0.15) is 0 Å². The zero-order valence-corrected chi connectivity index (χ0v) is 9.24. The van der Waals surface area contributed by atoms with Gasteiger partial charge < -0.3 is 10.4 Å². The molecule has 1 aliphatic carbocycles. The number of piperidine rings is 1. The Morgan fingerprint density at radius 2 is 1.94 bits per heavy atom. The quantitative estimate of drug-likeness (QED) is 0.564. The Balaban J connectivity index is 1.88. The van der Waals surface area contributed by atoms with Crippen molar-refractivity contribution >= 4 is 11.8 Å². The summed E-state index contributed by atoms with van der Waals surface area (Å²) in [5.41, 5.74) is 0. The van der Waals surface area contributed by atoms with Gasteiger partial charge in [-0.3, -0.25) is 14.9 Å². The largest absolute Gasteiger partial charge is 0.392 e. The maximum atomic E-state index is 11.5. The number of nitrogens with one attached hydrogen (secondary N) is 2. The molecule has 1 saturated carbocycles. The first-order valence-corrected chi connectivity index (χ1v) is 5.94. The van der Waals surface area contributed by atoms with E-state index in [1.807, 2.05) is 0 Å². The molecule has 0 aromatic rings. The number of hydrogen-bond donors (Lipinski definition) is 3. The van der Waals surface area contributed by atoms with Gasteiger partial charge >= 0.3 is 0 Å². The monoisotopic (exact) mass is 226 g/mol. The molecule has 3 N–H and O–H groups in total. The van der Waals surface area contributed by atoms with Gasteiger partial charge in [0.15, 0.2) is 0 Å². The molecule has 0 spiro atoms. The summed E-state index contributed by atoms with van der Waals surface area (Å²) in [7, 11) is 0. The minimum absolute atomic E-state index is 0.00213. The highest BCUT2D eigenvalue weighted by Gasteiger charge is 2.31. The van der Waals surface area contributed by atoms with Crippen LogP contribution in [0.5, 0.6) is 0 Å². The van der Waals surface area contributed by atoms with Crippen LogP contribution in [0.4, 0.5) is 0 Å². The molecule has 0 aromatic carbocycles. The molecule has 1 unspecified atom stereocenters. The molecule has 90 valence electrons. The molecule has 0 radical (unpaired) electrons. The van der Waals surface area contributed by atoms with E-state index in [1.165, 1.54) is 0 Å². The average molecular weight is 226 g/mol. The van der Waals surface area contributed by atoms with Crippen LogP contribution in [-0.2, 0) is 9.59 Å². The van der Waals surface area contributed by atoms with Crippen LogP contribution in [-0.4, -0.2) is 35.1 Å². The number of aliphatic hydroxyl groups is 1. The van der Waals surface area contributed by atoms with Gasteiger partial charge in [-0.15, -0.1) is 0 Å². The number of imide groups is 1. The van der Waals surface area contributed by atoms with E-state index in [2.05, 4.69) is 10.6 Å². The Labute approximate surface area is 94.6 Å². The van der Waals surface area contributed by atoms with Gasteiger partial charge in [-0.25, -0.2) is 0 Å². The van der Waals surface area contributed by atoms with Crippen molar-refractivity contribution in [2.45, 2.75) is 56.7 Å². The molecule has 5 heteroatoms. The van der Waals surface area contributed by atoms with Gasteiger partial charge in [0, 0.05) is 12.5 Å². The van der Waals surface area contributed by atoms with E-state index in [-0.39, 0.29) is 30.0 Å². The Hall–Kier alpha value is -0.940. The van der Waals surface area contributed by atoms with Gasteiger partial charge in [0.2, 0.25) is 11.8 Å². The summed E-state index contributed by atoms with van der Waals surface area (Å²) in [6.45, 7) is 0. The third-order valence-electron chi connectivity index (χ3n) is 3.38. The molecule has 16 heavy (non-hydrogen) atoms. The zero-order valence-electron chi connectivity index (χ0n) is 9.24. The molecule has 1 aliphatic heterocycles. The lowest BCUT2D eigenvalue weighted by Gasteiger charge is -2.32. The third-order valence-corrected chi connectivity index (χ3v) is 3.38. The fourth-order valence-corrected chi connectivity index (χ4v) is 2.42. The van der Waals surface area contributed by atoms with E-state index in [0.717, 1.165) is 25.7 Å². The van der Waals surface area contributed by atoms with Crippen LogP contribution in [0.2, 0.25) is 0 Å². The first-order chi connectivity index (χ1) is 7.66. The second-order valence-corrected chi connectivity index (χ2v) is 4.63. The number of carbonyl (C=O) groups is 2. The SMILES string of the molecule is O=C1CCC(N[C@@H]2CCCC[C@H]2O)C(=O)N1. The molecule has 1 heterocycles. The topological polar surface area (TPSA) is 78.4 Å². The predicted octanol–water partition coefficient (Wildman–Crippen LogP) is -0.315. The predicted molar refractivity (Wildman–Crippen MR) is 57.6 cm³/mol. The molecule has 0 aromatic heterocycles. The fraction of sp³-hybridized carbons (Fsp3) is 0.818. The maximum absolute atomic E-state index is 11.5. The Morgan fingerprint density at radius 3 is 2.62 bits per heavy atom. The first-order valence-electron chi connectivity index (χ1n) is 5.94. The summed E-state index contributed by atoms with van der Waals surface area (Å²) < 4.78 is 0. The smallest absolute Gasteiger partial charge is 0.243 e. The highest BCUT2D eigenvalue weighted by atomic mass is 16.3. The van der Waals surface area contributed by atoms with Gasteiger partial charge in [-0.05, 0) is 19.3 Å². The number of aliphatic hydroxyl groups excluding tert-OH is 1. The van der Waals surface area contributed by atoms with Crippen molar-refractivity contribution < 1.29 is 14.7 Å². The van der Waals surface area contributed by atoms with Crippen molar-refractivity contribution in [3.8, 4) is 0 Å². The van der Waals surface area contributed by atoms with Crippen LogP contribution in [0.3, 0.4) is 0 Å². The summed E-state index contributed by atoms with van der Waals surface area (Å²) in [6.07, 6.45) is 4.39. The molecule has 2 rings (SSSR count). The number of hydrogen-bond acceptors (Lipinski definition) is 4. The summed E-state index contributed by atoms with van der Waals surface area (Å²) in [5.74, 6) is -0.457. The van der Waals surface area contributed by atoms with Gasteiger partial charge in [0.05, 0.1) is 12.1 Å². The molecule has 0 bridgehead atoms. The number of rotatable bonds is 2. The Morgan fingerprint density at radius 1 is 1.19 bits per heavy atom. The average Bonchev–Trinajstić information content (AvgIpc) is 2.25. The summed E-state index contributed by atoms with van der Waals surface area (Å²) in [4.78, 5) is 22.5. The van der Waals surface area contributed by atoms with Crippen LogP contribution in [0.15, 0.2) is 0 Å². The van der Waals surface area contributed by atoms with Crippen LogP contribution in [0, 0.1) is 0 Å². The minimum Gasteiger partial charge on any atom is -0.392 e. The Kier molecular flexibility index (Phi) is 3.56. The van der Waals surface area contributed by atoms with E-state index in [4.69, 9.17) is 0 Å². The molecular weight excluding hydrogens is 208 g/mol. The van der Waals surface area contributed by atoms with E-state index in [1.54, 1.807) is 0 Å². The molecule has 2 aliphatic rings. The van der Waals surface area contributed by atoms with Crippen molar-refractivity contribution in [1.29, 1.82) is 0 Å². The lowest BCUT2D eigenvalue weighted by molar-refractivity contribution is -0.135. The second kappa shape index (κ2) is 4.93. The van der Waals surface area contributed by atoms with E-state index in [0.29, 0.717) is 12.8 Å². The first kappa shape index (κ1) is 11.5. The van der Waals surface area contributed by atoms with E-state index in [9.17, 15) is 14.7 Å². The van der Waals surface area contributed by atoms with Crippen LogP contribution in [0.1, 0.15) is 38.5 Å². The highest BCUT2D eigenvalue weighted by molar-refractivity contribution is 6.00. The van der Waals surface area contributed by atoms with Crippen molar-refractivity contribution in [3.63, 3.8) is 0 Å². The molecule has 1 saturated heterocycles. The number of carbonyl (C=O) groups excluding carboxylic acids is 2. The maximum Gasteiger partial charge on any atom is 0.243 e. The normalized spacial score (nSPS) is 35.9. The minimum atomic E-state index is -0.362. The highest BCUT2D eigenvalue weighted by Crippen LogP contribution is 2.19.